The maximum Gasteiger partial charge on any atom is 0.316 e. The number of aliphatic hydroxyl groups excluding tert-OH is 1. The molecule has 0 saturated carbocycles. The number of amides is 2. The predicted octanol–water partition coefficient (Wildman–Crippen LogP) is 1.56. The van der Waals surface area contributed by atoms with Crippen molar-refractivity contribution in [2.45, 2.75) is 30.0 Å². The van der Waals surface area contributed by atoms with E-state index in [2.05, 4.69) is 30.8 Å². The number of nitrogens with two attached hydrogens (primary N) is 1. The first kappa shape index (κ1) is 22.5. The second kappa shape index (κ2) is 9.32. The Morgan fingerprint density at radius 3 is 2.52 bits per heavy atom. The number of carbonyl (C=O) groups excluding carboxylic acids is 1. The van der Waals surface area contributed by atoms with Crippen LogP contribution in [0.15, 0.2) is 34.7 Å². The fraction of sp³-hybridized carbons (Fsp3) is 0.278. The molecule has 0 radical (unpaired) electrons. The molecule has 13 heteroatoms. The molecule has 0 aliphatic heterocycles. The van der Waals surface area contributed by atoms with Crippen molar-refractivity contribution in [3.63, 3.8) is 0 Å². The fourth-order valence-electron chi connectivity index (χ4n) is 2.58. The molecule has 0 unspecified atom stereocenters. The maximum atomic E-state index is 12.7. The number of benzene rings is 1. The van der Waals surface area contributed by atoms with Crippen molar-refractivity contribution in [3.05, 3.63) is 41.0 Å². The van der Waals surface area contributed by atoms with E-state index in [1.807, 2.05) is 0 Å². The zero-order chi connectivity index (χ0) is 22.6. The summed E-state index contributed by atoms with van der Waals surface area (Å²) in [6.45, 7) is 3.30. The van der Waals surface area contributed by atoms with Crippen molar-refractivity contribution in [2.24, 2.45) is 5.73 Å². The fourth-order valence-corrected chi connectivity index (χ4v) is 4.87. The molecular formula is C18H21N7O4S2. The lowest BCUT2D eigenvalue weighted by molar-refractivity contribution is 0.259. The van der Waals surface area contributed by atoms with Crippen molar-refractivity contribution < 1.29 is 18.3 Å². The van der Waals surface area contributed by atoms with Crippen LogP contribution in [-0.2, 0) is 15.6 Å². The summed E-state index contributed by atoms with van der Waals surface area (Å²) in [4.78, 5) is 19.8. The summed E-state index contributed by atoms with van der Waals surface area (Å²) in [6, 6.07) is 7.12. The third-order valence-electron chi connectivity index (χ3n) is 3.97. The average molecular weight is 464 g/mol. The predicted molar refractivity (Wildman–Crippen MR) is 116 cm³/mol. The Bertz CT molecular complexity index is 1180. The van der Waals surface area contributed by atoms with E-state index in [1.54, 1.807) is 38.1 Å². The summed E-state index contributed by atoms with van der Waals surface area (Å²) >= 11 is 0.992. The molecule has 0 aliphatic rings. The van der Waals surface area contributed by atoms with Gasteiger partial charge in [-0.1, -0.05) is 11.3 Å². The van der Waals surface area contributed by atoms with Gasteiger partial charge in [0.05, 0.1) is 18.1 Å². The lowest BCUT2D eigenvalue weighted by Crippen LogP contribution is -2.20. The SMILES string of the molecule is Cc1nnc(S(=O)(=O)Cc2cc(N[C@@H](C)CO)nc(-c3ccc(NC(N)=O)cc3)n2)s1. The van der Waals surface area contributed by atoms with Gasteiger partial charge in [-0.15, -0.1) is 10.2 Å². The molecule has 0 fully saturated rings. The minimum absolute atomic E-state index is 0.0784. The second-order valence-electron chi connectivity index (χ2n) is 6.71. The number of hydrogen-bond donors (Lipinski definition) is 4. The summed E-state index contributed by atoms with van der Waals surface area (Å²) < 4.78 is 25.4. The summed E-state index contributed by atoms with van der Waals surface area (Å²) in [5, 5.41) is 22.8. The number of aromatic nitrogens is 4. The van der Waals surface area contributed by atoms with Crippen LogP contribution in [0.2, 0.25) is 0 Å². The number of anilines is 2. The monoisotopic (exact) mass is 463 g/mol. The highest BCUT2D eigenvalue weighted by Crippen LogP contribution is 2.24. The number of aliphatic hydroxyl groups is 1. The number of carbonyl (C=O) groups is 1. The largest absolute Gasteiger partial charge is 0.394 e. The summed E-state index contributed by atoms with van der Waals surface area (Å²) in [7, 11) is -3.75. The van der Waals surface area contributed by atoms with Crippen LogP contribution >= 0.6 is 11.3 Å². The standard InChI is InChI=1S/C18H21N7O4S2/c1-10(8-26)20-15-7-14(9-31(28,29)18-25-24-11(2)30-18)21-16(23-15)12-3-5-13(6-4-12)22-17(19)27/h3-7,10,26H,8-9H2,1-2H3,(H3,19,22,27)(H,20,21,23)/t10-/m0/s1. The average Bonchev–Trinajstić information content (AvgIpc) is 3.15. The van der Waals surface area contributed by atoms with E-state index >= 15 is 0 Å². The molecule has 3 aromatic rings. The van der Waals surface area contributed by atoms with Gasteiger partial charge in [0.2, 0.25) is 14.2 Å². The highest BCUT2D eigenvalue weighted by molar-refractivity contribution is 7.92. The van der Waals surface area contributed by atoms with Crippen LogP contribution in [0.5, 0.6) is 0 Å². The molecule has 2 amide bonds. The molecule has 31 heavy (non-hydrogen) atoms. The van der Waals surface area contributed by atoms with E-state index in [4.69, 9.17) is 5.73 Å². The zero-order valence-corrected chi connectivity index (χ0v) is 18.4. The Morgan fingerprint density at radius 1 is 1.23 bits per heavy atom. The van der Waals surface area contributed by atoms with Crippen molar-refractivity contribution in [1.82, 2.24) is 20.2 Å². The van der Waals surface area contributed by atoms with Crippen molar-refractivity contribution in [1.29, 1.82) is 0 Å². The van der Waals surface area contributed by atoms with Crippen LogP contribution in [0, 0.1) is 6.92 Å². The Labute approximate surface area is 182 Å². The van der Waals surface area contributed by atoms with E-state index in [1.165, 1.54) is 6.07 Å². The molecule has 1 atom stereocenters. The van der Waals surface area contributed by atoms with Gasteiger partial charge in [0.1, 0.15) is 10.8 Å². The van der Waals surface area contributed by atoms with Gasteiger partial charge in [0.25, 0.3) is 0 Å². The molecule has 1 aromatic carbocycles. The van der Waals surface area contributed by atoms with Gasteiger partial charge >= 0.3 is 6.03 Å². The minimum Gasteiger partial charge on any atom is -0.394 e. The molecule has 0 bridgehead atoms. The number of primary amides is 1. The molecule has 5 N–H and O–H groups in total. The Morgan fingerprint density at radius 2 is 1.94 bits per heavy atom. The lowest BCUT2D eigenvalue weighted by atomic mass is 10.2. The van der Waals surface area contributed by atoms with Crippen molar-refractivity contribution in [2.75, 3.05) is 17.2 Å². The van der Waals surface area contributed by atoms with Gasteiger partial charge in [-0.25, -0.2) is 23.2 Å². The van der Waals surface area contributed by atoms with Crippen LogP contribution in [0.1, 0.15) is 17.6 Å². The quantitative estimate of drug-likeness (QED) is 0.386. The van der Waals surface area contributed by atoms with Gasteiger partial charge in [-0.3, -0.25) is 0 Å². The molecule has 3 rings (SSSR count). The van der Waals surface area contributed by atoms with E-state index in [9.17, 15) is 18.3 Å². The molecule has 164 valence electrons. The molecule has 0 spiro atoms. The molecule has 11 nitrogen and oxygen atoms in total. The minimum atomic E-state index is -3.75. The summed E-state index contributed by atoms with van der Waals surface area (Å²) in [6.07, 6.45) is 0. The van der Waals surface area contributed by atoms with Crippen LogP contribution in [0.4, 0.5) is 16.3 Å². The molecule has 0 aliphatic carbocycles. The second-order valence-corrected chi connectivity index (χ2v) is 10.1. The van der Waals surface area contributed by atoms with Crippen LogP contribution in [-0.4, -0.2) is 52.4 Å². The van der Waals surface area contributed by atoms with Crippen LogP contribution < -0.4 is 16.4 Å². The summed E-state index contributed by atoms with van der Waals surface area (Å²) in [5.74, 6) is 0.254. The maximum absolute atomic E-state index is 12.7. The number of rotatable bonds is 8. The number of nitrogens with one attached hydrogen (secondary N) is 2. The third-order valence-corrected chi connectivity index (χ3v) is 6.90. The van der Waals surface area contributed by atoms with E-state index in [0.29, 0.717) is 22.1 Å². The highest BCUT2D eigenvalue weighted by atomic mass is 32.2. The number of urea groups is 1. The van der Waals surface area contributed by atoms with Gasteiger partial charge in [-0.05, 0) is 38.1 Å². The first-order chi connectivity index (χ1) is 14.7. The van der Waals surface area contributed by atoms with Crippen molar-refractivity contribution >= 4 is 38.7 Å². The Kier molecular flexibility index (Phi) is 6.77. The van der Waals surface area contributed by atoms with E-state index in [0.717, 1.165) is 11.3 Å². The molecule has 2 heterocycles. The summed E-state index contributed by atoms with van der Waals surface area (Å²) in [5.41, 5.74) is 6.46. The number of aryl methyl sites for hydroxylation is 1. The molecular weight excluding hydrogens is 442 g/mol. The zero-order valence-electron chi connectivity index (χ0n) is 16.7. The van der Waals surface area contributed by atoms with Crippen LogP contribution in [0.3, 0.4) is 0 Å². The number of sulfone groups is 1. The normalized spacial score (nSPS) is 12.4. The first-order valence-corrected chi connectivity index (χ1v) is 11.6. The number of hydrogen-bond acceptors (Lipinski definition) is 10. The topological polar surface area (TPSA) is 173 Å². The lowest BCUT2D eigenvalue weighted by Gasteiger charge is -2.14. The highest BCUT2D eigenvalue weighted by Gasteiger charge is 2.22. The van der Waals surface area contributed by atoms with Gasteiger partial charge in [0, 0.05) is 23.4 Å². The Balaban J connectivity index is 1.97. The van der Waals surface area contributed by atoms with Gasteiger partial charge in [-0.2, -0.15) is 0 Å². The van der Waals surface area contributed by atoms with E-state index in [-0.39, 0.29) is 34.3 Å². The van der Waals surface area contributed by atoms with Gasteiger partial charge in [0.15, 0.2) is 5.82 Å². The third kappa shape index (κ3) is 5.93. The Hall–Kier alpha value is -3.16. The molecule has 0 saturated heterocycles. The number of nitrogens with zero attached hydrogens (tertiary/aromatic N) is 4. The van der Waals surface area contributed by atoms with Crippen molar-refractivity contribution in [3.8, 4) is 11.4 Å². The van der Waals surface area contributed by atoms with Gasteiger partial charge < -0.3 is 21.5 Å². The smallest absolute Gasteiger partial charge is 0.316 e. The molecule has 2 aromatic heterocycles. The van der Waals surface area contributed by atoms with E-state index < -0.39 is 15.9 Å². The first-order valence-electron chi connectivity index (χ1n) is 9.11. The van der Waals surface area contributed by atoms with Crippen LogP contribution in [0.25, 0.3) is 11.4 Å².